The molecule has 2 aromatic heterocycles. The average Bonchev–Trinajstić information content (AvgIpc) is 2.84. The van der Waals surface area contributed by atoms with Gasteiger partial charge in [0.25, 0.3) is 0 Å². The minimum Gasteiger partial charge on any atom is -0.354 e. The van der Waals surface area contributed by atoms with Crippen LogP contribution in [0.4, 0.5) is 16.0 Å². The Bertz CT molecular complexity index is 1410. The fourth-order valence-corrected chi connectivity index (χ4v) is 5.34. The second-order valence-corrected chi connectivity index (χ2v) is 9.97. The monoisotopic (exact) mass is 490 g/mol. The smallest absolute Gasteiger partial charge is 0.175 e. The molecular formula is C27H28ClFN6. The topological polar surface area (TPSA) is 47.5 Å². The van der Waals surface area contributed by atoms with E-state index in [4.69, 9.17) is 21.6 Å². The lowest BCUT2D eigenvalue weighted by atomic mass is 10.00. The maximum Gasteiger partial charge on any atom is 0.175 e. The maximum atomic E-state index is 16.3. The highest BCUT2D eigenvalue weighted by molar-refractivity contribution is 6.36. The first-order valence-electron chi connectivity index (χ1n) is 12.1. The van der Waals surface area contributed by atoms with Crippen LogP contribution in [-0.4, -0.2) is 74.3 Å². The highest BCUT2D eigenvalue weighted by Gasteiger charge is 2.32. The third-order valence-corrected chi connectivity index (χ3v) is 7.51. The summed E-state index contributed by atoms with van der Waals surface area (Å²) in [6.07, 6.45) is 0. The number of pyridine rings is 2. The molecule has 2 aromatic carbocycles. The number of likely N-dealkylation sites (N-methyl/N-ethyl adjacent to an activating group) is 1. The summed E-state index contributed by atoms with van der Waals surface area (Å²) < 4.78 is 16.3. The van der Waals surface area contributed by atoms with Gasteiger partial charge in [-0.05, 0) is 37.7 Å². The number of benzene rings is 2. The Labute approximate surface area is 209 Å². The number of fused-ring (bicyclic) bond motifs is 2. The molecule has 0 saturated carbocycles. The van der Waals surface area contributed by atoms with Gasteiger partial charge >= 0.3 is 0 Å². The SMILES string of the molecule is CN(C)C1CN(c2nc(-c3cccc4cccc(Cl)c34)c(F)c3nc(N4CCNCC4)ccc23)C1. The van der Waals surface area contributed by atoms with Crippen LogP contribution in [0.1, 0.15) is 0 Å². The molecule has 0 amide bonds. The Morgan fingerprint density at radius 2 is 1.71 bits per heavy atom. The van der Waals surface area contributed by atoms with Crippen LogP contribution in [0.5, 0.6) is 0 Å². The zero-order valence-electron chi connectivity index (χ0n) is 19.9. The van der Waals surface area contributed by atoms with E-state index in [1.807, 2.05) is 48.5 Å². The summed E-state index contributed by atoms with van der Waals surface area (Å²) in [4.78, 5) is 16.4. The summed E-state index contributed by atoms with van der Waals surface area (Å²) in [5.74, 6) is 1.17. The van der Waals surface area contributed by atoms with Crippen LogP contribution in [-0.2, 0) is 0 Å². The van der Waals surface area contributed by atoms with Crippen LogP contribution >= 0.6 is 11.6 Å². The van der Waals surface area contributed by atoms with Gasteiger partial charge in [-0.15, -0.1) is 0 Å². The Morgan fingerprint density at radius 1 is 0.971 bits per heavy atom. The number of anilines is 2. The third-order valence-electron chi connectivity index (χ3n) is 7.20. The summed E-state index contributed by atoms with van der Waals surface area (Å²) >= 11 is 6.61. The number of hydrogen-bond acceptors (Lipinski definition) is 6. The standard InChI is InChI=1S/C27H28ClFN6/c1-33(2)18-15-35(16-18)27-20-9-10-22(34-13-11-30-12-14-34)31-26(20)24(29)25(32-27)19-7-3-5-17-6-4-8-21(28)23(17)19/h3-10,18,30H,11-16H2,1-2H3. The molecule has 4 heterocycles. The second kappa shape index (κ2) is 8.90. The zero-order valence-corrected chi connectivity index (χ0v) is 20.7. The van der Waals surface area contributed by atoms with Crippen molar-refractivity contribution in [2.75, 3.05) is 63.2 Å². The fraction of sp³-hybridized carbons (Fsp3) is 0.333. The van der Waals surface area contributed by atoms with Crippen LogP contribution in [0, 0.1) is 5.82 Å². The molecule has 6 rings (SSSR count). The maximum absolute atomic E-state index is 16.3. The van der Waals surface area contributed by atoms with Crippen LogP contribution in [0.25, 0.3) is 32.9 Å². The number of hydrogen-bond donors (Lipinski definition) is 1. The number of aromatic nitrogens is 2. The van der Waals surface area contributed by atoms with Crippen molar-refractivity contribution in [3.05, 3.63) is 59.4 Å². The largest absolute Gasteiger partial charge is 0.354 e. The van der Waals surface area contributed by atoms with E-state index in [2.05, 4.69) is 34.1 Å². The van der Waals surface area contributed by atoms with Crippen molar-refractivity contribution >= 4 is 44.9 Å². The van der Waals surface area contributed by atoms with Gasteiger partial charge < -0.3 is 20.0 Å². The lowest BCUT2D eigenvalue weighted by Crippen LogP contribution is -2.57. The number of nitrogens with one attached hydrogen (secondary N) is 1. The Balaban J connectivity index is 1.56. The summed E-state index contributed by atoms with van der Waals surface area (Å²) in [6.45, 7) is 5.17. The fourth-order valence-electron chi connectivity index (χ4n) is 5.06. The summed E-state index contributed by atoms with van der Waals surface area (Å²) in [7, 11) is 4.17. The van der Waals surface area contributed by atoms with Crippen LogP contribution in [0.2, 0.25) is 5.02 Å². The molecule has 0 aliphatic carbocycles. The lowest BCUT2D eigenvalue weighted by Gasteiger charge is -2.44. The zero-order chi connectivity index (χ0) is 24.1. The number of rotatable bonds is 4. The first-order valence-corrected chi connectivity index (χ1v) is 12.4. The van der Waals surface area contributed by atoms with E-state index >= 15 is 4.39 Å². The molecule has 0 unspecified atom stereocenters. The molecule has 1 N–H and O–H groups in total. The van der Waals surface area contributed by atoms with Crippen LogP contribution in [0.15, 0.2) is 48.5 Å². The molecule has 2 saturated heterocycles. The number of halogens is 2. The normalized spacial score (nSPS) is 16.9. The molecule has 180 valence electrons. The first-order chi connectivity index (χ1) is 17.0. The summed E-state index contributed by atoms with van der Waals surface area (Å²) in [6, 6.07) is 16.0. The number of piperazine rings is 1. The number of nitrogens with zero attached hydrogens (tertiary/aromatic N) is 5. The van der Waals surface area contributed by atoms with Crippen molar-refractivity contribution < 1.29 is 4.39 Å². The summed E-state index contributed by atoms with van der Waals surface area (Å²) in [5, 5.41) is 6.45. The van der Waals surface area contributed by atoms with E-state index in [-0.39, 0.29) is 0 Å². The molecule has 2 aliphatic rings. The van der Waals surface area contributed by atoms with E-state index < -0.39 is 5.82 Å². The molecule has 35 heavy (non-hydrogen) atoms. The molecule has 2 fully saturated rings. The van der Waals surface area contributed by atoms with Gasteiger partial charge in [-0.3, -0.25) is 0 Å². The van der Waals surface area contributed by atoms with Gasteiger partial charge in [0.05, 0.1) is 0 Å². The predicted octanol–water partition coefficient (Wildman–Crippen LogP) is 4.40. The van der Waals surface area contributed by atoms with Gasteiger partial charge in [0.1, 0.15) is 22.8 Å². The lowest BCUT2D eigenvalue weighted by molar-refractivity contribution is 0.246. The summed E-state index contributed by atoms with van der Waals surface area (Å²) in [5.41, 5.74) is 1.34. The third kappa shape index (κ3) is 3.88. The quantitative estimate of drug-likeness (QED) is 0.457. The molecule has 4 aromatic rings. The minimum atomic E-state index is -0.405. The molecule has 0 radical (unpaired) electrons. The Hall–Kier alpha value is -3.00. The molecule has 8 heteroatoms. The Morgan fingerprint density at radius 3 is 2.46 bits per heavy atom. The van der Waals surface area contributed by atoms with Crippen molar-refractivity contribution in [3.63, 3.8) is 0 Å². The van der Waals surface area contributed by atoms with E-state index in [0.29, 0.717) is 27.8 Å². The second-order valence-electron chi connectivity index (χ2n) is 9.57. The van der Waals surface area contributed by atoms with Crippen molar-refractivity contribution in [3.8, 4) is 11.3 Å². The highest BCUT2D eigenvalue weighted by atomic mass is 35.5. The molecule has 2 aliphatic heterocycles. The van der Waals surface area contributed by atoms with Gasteiger partial charge in [0, 0.05) is 66.7 Å². The van der Waals surface area contributed by atoms with E-state index in [1.54, 1.807) is 0 Å². The van der Waals surface area contributed by atoms with Crippen molar-refractivity contribution in [1.29, 1.82) is 0 Å². The molecule has 0 spiro atoms. The highest BCUT2D eigenvalue weighted by Crippen LogP contribution is 2.39. The van der Waals surface area contributed by atoms with Gasteiger partial charge in [0.15, 0.2) is 5.82 Å². The molecule has 0 bridgehead atoms. The van der Waals surface area contributed by atoms with E-state index in [1.165, 1.54) is 0 Å². The minimum absolute atomic E-state index is 0.296. The first kappa shape index (κ1) is 22.5. The van der Waals surface area contributed by atoms with Gasteiger partial charge in [-0.25, -0.2) is 14.4 Å². The van der Waals surface area contributed by atoms with E-state index in [9.17, 15) is 0 Å². The molecule has 0 atom stereocenters. The van der Waals surface area contributed by atoms with Crippen molar-refractivity contribution in [2.45, 2.75) is 6.04 Å². The van der Waals surface area contributed by atoms with Gasteiger partial charge in [0.2, 0.25) is 0 Å². The predicted molar refractivity (Wildman–Crippen MR) is 142 cm³/mol. The average molecular weight is 491 g/mol. The Kier molecular flexibility index (Phi) is 5.71. The van der Waals surface area contributed by atoms with Crippen LogP contribution in [0.3, 0.4) is 0 Å². The van der Waals surface area contributed by atoms with E-state index in [0.717, 1.165) is 67.1 Å². The van der Waals surface area contributed by atoms with Crippen LogP contribution < -0.4 is 15.1 Å². The van der Waals surface area contributed by atoms with Gasteiger partial charge in [-0.2, -0.15) is 0 Å². The molecule has 6 nitrogen and oxygen atoms in total. The molecular weight excluding hydrogens is 463 g/mol. The van der Waals surface area contributed by atoms with Crippen molar-refractivity contribution in [1.82, 2.24) is 20.2 Å². The van der Waals surface area contributed by atoms with Gasteiger partial charge in [-0.1, -0.05) is 41.9 Å². The van der Waals surface area contributed by atoms with Crippen molar-refractivity contribution in [2.24, 2.45) is 0 Å².